The summed E-state index contributed by atoms with van der Waals surface area (Å²) in [6, 6.07) is 5.06. The van der Waals surface area contributed by atoms with Crippen molar-refractivity contribution < 1.29 is 66.9 Å². The predicted molar refractivity (Wildman–Crippen MR) is 189 cm³/mol. The van der Waals surface area contributed by atoms with E-state index in [0.717, 1.165) is 32.1 Å². The van der Waals surface area contributed by atoms with E-state index in [1.165, 1.54) is 24.3 Å². The van der Waals surface area contributed by atoms with E-state index in [1.54, 1.807) is 24.8 Å². The standard InChI is InChI=1S/C19H32N2O5.C15H16N3O10S/c1-4-8-14(19(25)26-5-2)20-12(3)17(22)21-15-10-7-6-9-13(15)11-16(21)18(23)24;19-11(17(8-12(20)21)9-13(22)23)6-7-27-14-15(18(24)28-16-14)29(25,26)10-4-2-1-3-5-10/h12-16,20H,4-11H2,1-3H3,(H,23,24);1-5,16H,6-9H2,(H,20,21)(H,22,23)/q;-1/t12-,13-,14-,15-,16-;/m0./s1. The molecule has 4 rings (SSSR count). The number of nitrogens with zero attached hydrogens (tertiary/aromatic N) is 3. The van der Waals surface area contributed by atoms with Gasteiger partial charge in [-0.3, -0.25) is 34.5 Å². The van der Waals surface area contributed by atoms with Gasteiger partial charge in [0, 0.05) is 6.04 Å². The Kier molecular flexibility index (Phi) is 16.7. The van der Waals surface area contributed by atoms with E-state index < -0.39 is 88.8 Å². The van der Waals surface area contributed by atoms with E-state index in [4.69, 9.17) is 19.7 Å². The van der Waals surface area contributed by atoms with Crippen molar-refractivity contribution in [3.05, 3.63) is 46.5 Å². The molecule has 0 spiro atoms. The number of sulfone groups is 1. The number of fused-ring (bicyclic) bond motifs is 1. The summed E-state index contributed by atoms with van der Waals surface area (Å²) < 4.78 is 35.4. The fourth-order valence-corrected chi connectivity index (χ4v) is 7.94. The number of esters is 1. The van der Waals surface area contributed by atoms with Crippen LogP contribution in [-0.2, 0) is 53.0 Å². The molecule has 1 aliphatic carbocycles. The molecule has 21 heteroatoms. The Morgan fingerprint density at radius 3 is 2.25 bits per heavy atom. The van der Waals surface area contributed by atoms with Crippen LogP contribution in [0.15, 0.2) is 46.1 Å². The third-order valence-corrected chi connectivity index (χ3v) is 10.8. The molecule has 1 saturated carbocycles. The van der Waals surface area contributed by atoms with Crippen LogP contribution in [0.25, 0.3) is 0 Å². The molecule has 5 atom stereocenters. The fraction of sp³-hybridized carbons (Fsp3) is 0.588. The number of hydroxylamine groups is 3. The minimum absolute atomic E-state index is 0.00817. The Hall–Kier alpha value is -4.99. The number of likely N-dealkylation sites (tertiary alicyclic amines) is 1. The van der Waals surface area contributed by atoms with Crippen LogP contribution in [0.2, 0.25) is 0 Å². The number of nitrogens with one attached hydrogen (secondary N) is 2. The van der Waals surface area contributed by atoms with Crippen LogP contribution in [0.4, 0.5) is 0 Å². The van der Waals surface area contributed by atoms with Gasteiger partial charge in [0.1, 0.15) is 25.2 Å². The molecular formula is C34H48N5O15S-. The summed E-state index contributed by atoms with van der Waals surface area (Å²) in [6.45, 7) is 3.56. The molecule has 0 radical (unpaired) electrons. The molecular weight excluding hydrogens is 750 g/mol. The highest BCUT2D eigenvalue weighted by Crippen LogP contribution is 2.40. The van der Waals surface area contributed by atoms with Crippen LogP contribution < -0.4 is 10.8 Å². The maximum absolute atomic E-state index is 13.1. The van der Waals surface area contributed by atoms with E-state index in [-0.39, 0.29) is 34.0 Å². The summed E-state index contributed by atoms with van der Waals surface area (Å²) >= 11 is 0. The number of benzene rings is 1. The van der Waals surface area contributed by atoms with Gasteiger partial charge >= 0.3 is 23.9 Å². The lowest BCUT2D eigenvalue weighted by Crippen LogP contribution is -2.55. The van der Waals surface area contributed by atoms with E-state index in [9.17, 15) is 47.5 Å². The van der Waals surface area contributed by atoms with Gasteiger partial charge in [-0.2, -0.15) is 4.94 Å². The quantitative estimate of drug-likeness (QED) is 0.130. The topological polar surface area (TPSA) is 282 Å². The molecule has 55 heavy (non-hydrogen) atoms. The molecule has 1 aromatic rings. The summed E-state index contributed by atoms with van der Waals surface area (Å²) in [6.07, 6.45) is 5.39. The van der Waals surface area contributed by atoms with Crippen molar-refractivity contribution >= 4 is 45.5 Å². The summed E-state index contributed by atoms with van der Waals surface area (Å²) in [5.74, 6) is -5.49. The molecule has 306 valence electrons. The molecule has 3 aliphatic rings. The molecule has 5 N–H and O–H groups in total. The Bertz CT molecular complexity index is 1660. The maximum Gasteiger partial charge on any atom is 0.326 e. The summed E-state index contributed by atoms with van der Waals surface area (Å²) in [5.41, 5.74) is 1.98. The second-order valence-electron chi connectivity index (χ2n) is 13.0. The Morgan fingerprint density at radius 1 is 1.04 bits per heavy atom. The molecule has 2 aliphatic heterocycles. The molecule has 0 bridgehead atoms. The van der Waals surface area contributed by atoms with Gasteiger partial charge in [-0.15, -0.1) is 0 Å². The van der Waals surface area contributed by atoms with Crippen LogP contribution in [-0.4, -0.2) is 125 Å². The SMILES string of the molecule is CCC[C@H](N[C@@H](C)C(=O)N1[C@H](C(=O)O)C[C@@H]2CCCC[C@@H]21)C(=O)OCC.O=C(O)CN(CC(=O)O)C(=O)CCOC1=C(S(=O)(=O)c2ccccc2)N([O-])ON1. The summed E-state index contributed by atoms with van der Waals surface area (Å²) in [4.78, 5) is 76.8. The van der Waals surface area contributed by atoms with Crippen LogP contribution in [0.3, 0.4) is 0 Å². The minimum Gasteiger partial charge on any atom is -0.731 e. The van der Waals surface area contributed by atoms with Crippen LogP contribution >= 0.6 is 0 Å². The number of carboxylic acid groups (broad SMARTS) is 3. The molecule has 1 aromatic carbocycles. The number of carbonyl (C=O) groups excluding carboxylic acids is 3. The zero-order chi connectivity index (χ0) is 40.9. The second-order valence-corrected chi connectivity index (χ2v) is 14.8. The van der Waals surface area contributed by atoms with Gasteiger partial charge in [-0.1, -0.05) is 44.4 Å². The first kappa shape index (κ1) is 44.4. The Balaban J connectivity index is 0.000000297. The van der Waals surface area contributed by atoms with Crippen molar-refractivity contribution in [2.75, 3.05) is 26.3 Å². The van der Waals surface area contributed by atoms with Gasteiger partial charge in [0.05, 0.1) is 30.6 Å². The number of rotatable bonds is 18. The van der Waals surface area contributed by atoms with Crippen molar-refractivity contribution in [3.63, 3.8) is 0 Å². The minimum atomic E-state index is -4.31. The van der Waals surface area contributed by atoms with Gasteiger partial charge in [0.2, 0.25) is 26.7 Å². The fourth-order valence-electron chi connectivity index (χ4n) is 6.63. The normalized spacial score (nSPS) is 20.3. The third kappa shape index (κ3) is 12.0. The first-order valence-electron chi connectivity index (χ1n) is 17.8. The lowest BCUT2D eigenvalue weighted by Gasteiger charge is -2.35. The molecule has 20 nitrogen and oxygen atoms in total. The van der Waals surface area contributed by atoms with E-state index in [2.05, 4.69) is 10.3 Å². The Morgan fingerprint density at radius 2 is 1.67 bits per heavy atom. The number of hydrogen-bond acceptors (Lipinski definition) is 15. The van der Waals surface area contributed by atoms with Crippen molar-refractivity contribution in [2.24, 2.45) is 5.92 Å². The molecule has 2 amide bonds. The van der Waals surface area contributed by atoms with E-state index in [0.29, 0.717) is 24.3 Å². The average molecular weight is 799 g/mol. The molecule has 0 aromatic heterocycles. The smallest absolute Gasteiger partial charge is 0.326 e. The van der Waals surface area contributed by atoms with Gasteiger partial charge in [-0.25, -0.2) is 18.7 Å². The van der Waals surface area contributed by atoms with Crippen molar-refractivity contribution in [1.82, 2.24) is 25.8 Å². The van der Waals surface area contributed by atoms with E-state index in [1.807, 2.05) is 12.4 Å². The van der Waals surface area contributed by atoms with Gasteiger partial charge in [0.15, 0.2) is 0 Å². The first-order chi connectivity index (χ1) is 26.0. The predicted octanol–water partition coefficient (Wildman–Crippen LogP) is 1.18. The molecule has 0 unspecified atom stereocenters. The number of hydrogen-bond donors (Lipinski definition) is 5. The number of carbonyl (C=O) groups is 6. The zero-order valence-corrected chi connectivity index (χ0v) is 31.6. The average Bonchev–Trinajstić information content (AvgIpc) is 3.72. The molecule has 2 heterocycles. The maximum atomic E-state index is 13.1. The van der Waals surface area contributed by atoms with Gasteiger partial charge in [-0.05, 0) is 57.6 Å². The monoisotopic (exact) mass is 798 g/mol. The van der Waals surface area contributed by atoms with Crippen LogP contribution in [0, 0.1) is 11.1 Å². The van der Waals surface area contributed by atoms with Gasteiger partial charge in [0.25, 0.3) is 5.88 Å². The first-order valence-corrected chi connectivity index (χ1v) is 19.3. The highest BCUT2D eigenvalue weighted by molar-refractivity contribution is 7.95. The lowest BCUT2D eigenvalue weighted by molar-refractivity contribution is -0.152. The summed E-state index contributed by atoms with van der Waals surface area (Å²) in [5, 5.41) is 40.8. The number of aliphatic carboxylic acids is 3. The molecule has 1 saturated heterocycles. The zero-order valence-electron chi connectivity index (χ0n) is 30.7. The van der Waals surface area contributed by atoms with Crippen LogP contribution in [0.1, 0.15) is 72.1 Å². The number of amides is 2. The second kappa shape index (κ2) is 20.6. The number of carboxylic acids is 3. The largest absolute Gasteiger partial charge is 0.731 e. The van der Waals surface area contributed by atoms with Crippen molar-refractivity contribution in [2.45, 2.75) is 101 Å². The van der Waals surface area contributed by atoms with Crippen molar-refractivity contribution in [3.8, 4) is 0 Å². The summed E-state index contributed by atoms with van der Waals surface area (Å²) in [7, 11) is -4.31. The third-order valence-electron chi connectivity index (χ3n) is 9.05. The van der Waals surface area contributed by atoms with Crippen LogP contribution in [0.5, 0.6) is 0 Å². The number of ether oxygens (including phenoxy) is 2. The highest BCUT2D eigenvalue weighted by atomic mass is 32.2. The molecule has 2 fully saturated rings. The Labute approximate surface area is 317 Å². The van der Waals surface area contributed by atoms with E-state index >= 15 is 0 Å². The van der Waals surface area contributed by atoms with Gasteiger partial charge < -0.3 is 39.8 Å². The lowest BCUT2D eigenvalue weighted by atomic mass is 9.84. The highest BCUT2D eigenvalue weighted by Gasteiger charge is 2.48. The van der Waals surface area contributed by atoms with Crippen molar-refractivity contribution in [1.29, 1.82) is 0 Å².